The van der Waals surface area contributed by atoms with Gasteiger partial charge in [-0.3, -0.25) is 9.59 Å². The standard InChI is InChI=1S/C16H11ClF3NO3/c17-11-2-1-3-12(19)10(11)7-16(23)24-8-15(22)21-14-6-9(18)4-5-13(14)20/h1-6H,7-8H2,(H,21,22). The van der Waals surface area contributed by atoms with Crippen LogP contribution < -0.4 is 5.32 Å². The SMILES string of the molecule is O=C(COC(=O)Cc1c(F)cccc1Cl)Nc1cc(F)ccc1F. The molecular weight excluding hydrogens is 347 g/mol. The third-order valence-electron chi connectivity index (χ3n) is 2.95. The summed E-state index contributed by atoms with van der Waals surface area (Å²) in [5.74, 6) is -4.01. The Labute approximate surface area is 140 Å². The molecule has 0 atom stereocenters. The third kappa shape index (κ3) is 4.73. The first-order valence-corrected chi connectivity index (χ1v) is 7.08. The van der Waals surface area contributed by atoms with Gasteiger partial charge in [-0.2, -0.15) is 0 Å². The predicted molar refractivity (Wildman–Crippen MR) is 81.1 cm³/mol. The fourth-order valence-electron chi connectivity index (χ4n) is 1.82. The molecule has 1 amide bonds. The van der Waals surface area contributed by atoms with Gasteiger partial charge in [0, 0.05) is 16.7 Å². The first kappa shape index (κ1) is 17.8. The third-order valence-corrected chi connectivity index (χ3v) is 3.30. The molecule has 0 spiro atoms. The number of anilines is 1. The van der Waals surface area contributed by atoms with Crippen molar-refractivity contribution in [2.45, 2.75) is 6.42 Å². The van der Waals surface area contributed by atoms with Crippen LogP contribution in [-0.4, -0.2) is 18.5 Å². The number of halogens is 4. The van der Waals surface area contributed by atoms with Crippen LogP contribution in [0.4, 0.5) is 18.9 Å². The molecular formula is C16H11ClF3NO3. The van der Waals surface area contributed by atoms with Crippen LogP contribution in [0.15, 0.2) is 36.4 Å². The summed E-state index contributed by atoms with van der Waals surface area (Å²) in [4.78, 5) is 23.2. The van der Waals surface area contributed by atoms with Crippen LogP contribution in [0, 0.1) is 17.5 Å². The molecule has 2 aromatic carbocycles. The summed E-state index contributed by atoms with van der Waals surface area (Å²) in [6.45, 7) is -0.735. The normalized spacial score (nSPS) is 10.3. The van der Waals surface area contributed by atoms with Crippen LogP contribution in [0.2, 0.25) is 5.02 Å². The average molecular weight is 358 g/mol. The van der Waals surface area contributed by atoms with Crippen LogP contribution in [0.25, 0.3) is 0 Å². The van der Waals surface area contributed by atoms with Gasteiger partial charge in [0.2, 0.25) is 0 Å². The van der Waals surface area contributed by atoms with Crippen molar-refractivity contribution in [1.29, 1.82) is 0 Å². The average Bonchev–Trinajstić information content (AvgIpc) is 2.53. The van der Waals surface area contributed by atoms with E-state index >= 15 is 0 Å². The van der Waals surface area contributed by atoms with Crippen molar-refractivity contribution in [2.24, 2.45) is 0 Å². The van der Waals surface area contributed by atoms with Gasteiger partial charge in [-0.1, -0.05) is 17.7 Å². The lowest BCUT2D eigenvalue weighted by Gasteiger charge is -2.08. The molecule has 0 heterocycles. The number of esters is 1. The molecule has 0 aliphatic carbocycles. The van der Waals surface area contributed by atoms with Crippen LogP contribution in [0.1, 0.15) is 5.56 Å². The Morgan fingerprint density at radius 1 is 1.08 bits per heavy atom. The topological polar surface area (TPSA) is 55.4 Å². The Bertz CT molecular complexity index is 763. The molecule has 0 bridgehead atoms. The molecule has 8 heteroatoms. The molecule has 4 nitrogen and oxygen atoms in total. The van der Waals surface area contributed by atoms with E-state index in [1.54, 1.807) is 0 Å². The summed E-state index contributed by atoms with van der Waals surface area (Å²) in [5.41, 5.74) is -0.436. The Balaban J connectivity index is 1.89. The van der Waals surface area contributed by atoms with Crippen LogP contribution in [-0.2, 0) is 20.7 Å². The van der Waals surface area contributed by atoms with E-state index in [0.29, 0.717) is 0 Å². The van der Waals surface area contributed by atoms with Gasteiger partial charge in [-0.25, -0.2) is 13.2 Å². The highest BCUT2D eigenvalue weighted by Crippen LogP contribution is 2.20. The van der Waals surface area contributed by atoms with Crippen LogP contribution >= 0.6 is 11.6 Å². The highest BCUT2D eigenvalue weighted by molar-refractivity contribution is 6.31. The van der Waals surface area contributed by atoms with E-state index in [4.69, 9.17) is 11.6 Å². The molecule has 0 aliphatic rings. The first-order chi connectivity index (χ1) is 11.4. The molecule has 2 aromatic rings. The van der Waals surface area contributed by atoms with E-state index in [0.717, 1.165) is 24.3 Å². The van der Waals surface area contributed by atoms with Crippen molar-refractivity contribution < 1.29 is 27.5 Å². The molecule has 0 aliphatic heterocycles. The lowest BCUT2D eigenvalue weighted by molar-refractivity contribution is -0.146. The second-order valence-electron chi connectivity index (χ2n) is 4.71. The summed E-state index contributed by atoms with van der Waals surface area (Å²) in [6.07, 6.45) is -0.465. The van der Waals surface area contributed by atoms with E-state index in [9.17, 15) is 22.8 Å². The molecule has 0 radical (unpaired) electrons. The number of nitrogens with one attached hydrogen (secondary N) is 1. The van der Waals surface area contributed by atoms with Crippen LogP contribution in [0.3, 0.4) is 0 Å². The van der Waals surface area contributed by atoms with Crippen molar-refractivity contribution in [3.63, 3.8) is 0 Å². The second kappa shape index (κ2) is 7.83. The van der Waals surface area contributed by atoms with Gasteiger partial charge in [0.05, 0.1) is 12.1 Å². The van der Waals surface area contributed by atoms with Gasteiger partial charge in [-0.15, -0.1) is 0 Å². The van der Waals surface area contributed by atoms with E-state index < -0.39 is 42.4 Å². The number of ether oxygens (including phenoxy) is 1. The Morgan fingerprint density at radius 2 is 1.83 bits per heavy atom. The molecule has 0 saturated carbocycles. The van der Waals surface area contributed by atoms with E-state index in [-0.39, 0.29) is 16.3 Å². The first-order valence-electron chi connectivity index (χ1n) is 6.70. The van der Waals surface area contributed by atoms with Gasteiger partial charge in [-0.05, 0) is 24.3 Å². The fourth-order valence-corrected chi connectivity index (χ4v) is 2.05. The number of benzene rings is 2. The van der Waals surface area contributed by atoms with Crippen molar-refractivity contribution in [1.82, 2.24) is 0 Å². The molecule has 126 valence electrons. The number of carbonyl (C=O) groups excluding carboxylic acids is 2. The van der Waals surface area contributed by atoms with Gasteiger partial charge in [0.1, 0.15) is 17.5 Å². The van der Waals surface area contributed by atoms with Crippen molar-refractivity contribution >= 4 is 29.2 Å². The minimum Gasteiger partial charge on any atom is -0.455 e. The Hall–Kier alpha value is -2.54. The maximum atomic E-state index is 13.5. The molecule has 1 N–H and O–H groups in total. The summed E-state index contributed by atoms with van der Waals surface area (Å²) in [6, 6.07) is 6.45. The number of carbonyl (C=O) groups is 2. The lowest BCUT2D eigenvalue weighted by Crippen LogP contribution is -2.22. The highest BCUT2D eigenvalue weighted by atomic mass is 35.5. The maximum absolute atomic E-state index is 13.5. The van der Waals surface area contributed by atoms with E-state index in [1.807, 2.05) is 0 Å². The highest BCUT2D eigenvalue weighted by Gasteiger charge is 2.15. The predicted octanol–water partition coefficient (Wildman–Crippen LogP) is 3.48. The fraction of sp³-hybridized carbons (Fsp3) is 0.125. The van der Waals surface area contributed by atoms with Crippen molar-refractivity contribution in [3.05, 3.63) is 64.4 Å². The zero-order chi connectivity index (χ0) is 17.7. The lowest BCUT2D eigenvalue weighted by atomic mass is 10.1. The van der Waals surface area contributed by atoms with Crippen molar-refractivity contribution in [2.75, 3.05) is 11.9 Å². The number of rotatable bonds is 5. The summed E-state index contributed by atoms with van der Waals surface area (Å²) < 4.78 is 44.5. The van der Waals surface area contributed by atoms with Gasteiger partial charge >= 0.3 is 5.97 Å². The summed E-state index contributed by atoms with van der Waals surface area (Å²) in [5, 5.41) is 2.12. The van der Waals surface area contributed by atoms with Gasteiger partial charge in [0.25, 0.3) is 5.91 Å². The largest absolute Gasteiger partial charge is 0.455 e. The molecule has 0 aromatic heterocycles. The maximum Gasteiger partial charge on any atom is 0.310 e. The number of amides is 1. The number of hydrogen-bond donors (Lipinski definition) is 1. The molecule has 24 heavy (non-hydrogen) atoms. The van der Waals surface area contributed by atoms with Crippen LogP contribution in [0.5, 0.6) is 0 Å². The summed E-state index contributed by atoms with van der Waals surface area (Å²) >= 11 is 5.77. The smallest absolute Gasteiger partial charge is 0.310 e. The van der Waals surface area contributed by atoms with Crippen molar-refractivity contribution in [3.8, 4) is 0 Å². The Morgan fingerprint density at radius 3 is 2.54 bits per heavy atom. The minimum atomic E-state index is -0.892. The van der Waals surface area contributed by atoms with Gasteiger partial charge in [0.15, 0.2) is 6.61 Å². The quantitative estimate of drug-likeness (QED) is 0.833. The molecule has 0 fully saturated rings. The molecule has 2 rings (SSSR count). The van der Waals surface area contributed by atoms with Gasteiger partial charge < -0.3 is 10.1 Å². The zero-order valence-corrected chi connectivity index (χ0v) is 12.9. The summed E-state index contributed by atoms with van der Waals surface area (Å²) in [7, 11) is 0. The zero-order valence-electron chi connectivity index (χ0n) is 12.1. The second-order valence-corrected chi connectivity index (χ2v) is 5.12. The van der Waals surface area contributed by atoms with E-state index in [1.165, 1.54) is 12.1 Å². The monoisotopic (exact) mass is 357 g/mol. The molecule has 0 unspecified atom stereocenters. The molecule has 0 saturated heterocycles. The van der Waals surface area contributed by atoms with E-state index in [2.05, 4.69) is 10.1 Å². The number of hydrogen-bond acceptors (Lipinski definition) is 3. The minimum absolute atomic E-state index is 0.0539. The Kier molecular flexibility index (Phi) is 5.81.